The van der Waals surface area contributed by atoms with E-state index >= 15 is 8.78 Å². The van der Waals surface area contributed by atoms with Gasteiger partial charge in [0.05, 0.1) is 19.0 Å². The molecule has 0 aromatic carbocycles. The topological polar surface area (TPSA) is 125 Å². The Morgan fingerprint density at radius 3 is 2.50 bits per heavy atom. The van der Waals surface area contributed by atoms with Gasteiger partial charge in [0, 0.05) is 83.4 Å². The molecule has 0 saturated carbocycles. The summed E-state index contributed by atoms with van der Waals surface area (Å²) in [5, 5.41) is 5.27. The molecule has 3 amide bonds. The zero-order valence-corrected chi connectivity index (χ0v) is 22.6. The number of carbonyl (C=O) groups is 2. The Morgan fingerprint density at radius 1 is 1.07 bits per heavy atom. The van der Waals surface area contributed by atoms with Gasteiger partial charge < -0.3 is 24.2 Å². The van der Waals surface area contributed by atoms with Crippen LogP contribution in [0.1, 0.15) is 32.6 Å². The summed E-state index contributed by atoms with van der Waals surface area (Å²) in [6, 6.07) is 1.07. The first-order valence-corrected chi connectivity index (χ1v) is 13.5. The number of anilines is 3. The van der Waals surface area contributed by atoms with E-state index in [-0.39, 0.29) is 18.9 Å². The van der Waals surface area contributed by atoms with Gasteiger partial charge in [0.25, 0.3) is 5.92 Å². The number of halogens is 2. The Balaban J connectivity index is 1.22. The second-order valence-electron chi connectivity index (χ2n) is 10.4. The summed E-state index contributed by atoms with van der Waals surface area (Å²) < 4.78 is 41.1. The number of pyridine rings is 1. The summed E-state index contributed by atoms with van der Waals surface area (Å²) in [6.07, 6.45) is 5.59. The number of hydrogen-bond acceptors (Lipinski definition) is 9. The van der Waals surface area contributed by atoms with Crippen molar-refractivity contribution in [2.45, 2.75) is 50.2 Å². The molecule has 2 bridgehead atoms. The Kier molecular flexibility index (Phi) is 7.88. The SMILES string of the molecule is CCOc1cnc(NC(=O)N(C)[C@H]2CN(c3cc(NC(=O)OC45CCN(CC4)CC5)ccn3)CCC2(F)F)cn1. The van der Waals surface area contributed by atoms with Crippen molar-refractivity contribution < 1.29 is 27.8 Å². The largest absolute Gasteiger partial charge is 0.477 e. The standard InChI is InChI=1S/C26H34F2N8O4/c1-3-39-22-16-30-20(15-31-22)33-23(37)34(2)19-17-36(13-8-26(19,27)28)21-14-18(4-9-29-21)32-24(38)40-25-5-10-35(11-6-25)12-7-25/h4,9,14-16,19H,3,5-8,10-13,17H2,1-2H3,(H,29,32,38)(H,30,33,37)/t19-/m0/s1. The first kappa shape index (κ1) is 27.7. The van der Waals surface area contributed by atoms with Crippen molar-refractivity contribution in [1.82, 2.24) is 24.8 Å². The Labute approximate surface area is 231 Å². The molecule has 4 aliphatic heterocycles. The van der Waals surface area contributed by atoms with Crippen molar-refractivity contribution >= 4 is 29.4 Å². The summed E-state index contributed by atoms with van der Waals surface area (Å²) in [6.45, 7) is 4.86. The molecule has 12 nitrogen and oxygen atoms in total. The lowest BCUT2D eigenvalue weighted by molar-refractivity contribution is -0.0760. The molecular formula is C26H34F2N8O4. The van der Waals surface area contributed by atoms with Crippen molar-refractivity contribution in [2.24, 2.45) is 0 Å². The molecule has 2 N–H and O–H groups in total. The summed E-state index contributed by atoms with van der Waals surface area (Å²) in [4.78, 5) is 42.9. The quantitative estimate of drug-likeness (QED) is 0.524. The molecule has 1 atom stereocenters. The van der Waals surface area contributed by atoms with Gasteiger partial charge in [0.1, 0.15) is 17.5 Å². The molecule has 0 spiro atoms. The Hall–Kier alpha value is -3.81. The lowest BCUT2D eigenvalue weighted by Gasteiger charge is -2.47. The van der Waals surface area contributed by atoms with Gasteiger partial charge in [-0.1, -0.05) is 0 Å². The molecule has 4 aliphatic rings. The fraction of sp³-hybridized carbons (Fsp3) is 0.577. The van der Waals surface area contributed by atoms with Gasteiger partial charge in [-0.05, 0) is 13.0 Å². The van der Waals surface area contributed by atoms with Crippen LogP contribution in [0.3, 0.4) is 0 Å². The number of urea groups is 1. The summed E-state index contributed by atoms with van der Waals surface area (Å²) in [5.41, 5.74) is 0.0244. The highest BCUT2D eigenvalue weighted by atomic mass is 19.3. The van der Waals surface area contributed by atoms with Gasteiger partial charge in [-0.3, -0.25) is 10.6 Å². The molecule has 4 saturated heterocycles. The predicted octanol–water partition coefficient (Wildman–Crippen LogP) is 3.44. The average molecular weight is 561 g/mol. The minimum atomic E-state index is -3.12. The number of nitrogens with zero attached hydrogens (tertiary/aromatic N) is 6. The van der Waals surface area contributed by atoms with E-state index in [1.54, 1.807) is 24.0 Å². The molecule has 0 unspecified atom stereocenters. The molecular weight excluding hydrogens is 526 g/mol. The summed E-state index contributed by atoms with van der Waals surface area (Å²) in [7, 11) is 1.32. The van der Waals surface area contributed by atoms with Crippen LogP contribution in [-0.2, 0) is 4.74 Å². The van der Waals surface area contributed by atoms with Crippen LogP contribution in [0.4, 0.5) is 35.7 Å². The van der Waals surface area contributed by atoms with Crippen LogP contribution in [0.5, 0.6) is 5.88 Å². The van der Waals surface area contributed by atoms with E-state index < -0.39 is 36.1 Å². The van der Waals surface area contributed by atoms with Gasteiger partial charge in [-0.15, -0.1) is 0 Å². The van der Waals surface area contributed by atoms with E-state index in [9.17, 15) is 9.59 Å². The normalized spacial score (nSPS) is 25.1. The first-order chi connectivity index (χ1) is 19.2. The molecule has 4 fully saturated rings. The van der Waals surface area contributed by atoms with Crippen molar-refractivity contribution in [1.29, 1.82) is 0 Å². The molecule has 2 aromatic heterocycles. The second kappa shape index (κ2) is 11.4. The molecule has 6 rings (SSSR count). The number of piperidine rings is 4. The van der Waals surface area contributed by atoms with Gasteiger partial charge in [-0.25, -0.2) is 33.3 Å². The lowest BCUT2D eigenvalue weighted by Crippen LogP contribution is -2.60. The van der Waals surface area contributed by atoms with E-state index in [0.29, 0.717) is 24.0 Å². The fourth-order valence-electron chi connectivity index (χ4n) is 5.40. The summed E-state index contributed by atoms with van der Waals surface area (Å²) in [5.74, 6) is -2.31. The zero-order chi connectivity index (χ0) is 28.3. The van der Waals surface area contributed by atoms with E-state index in [1.165, 1.54) is 25.6 Å². The molecule has 6 heterocycles. The van der Waals surface area contributed by atoms with Gasteiger partial charge in [0.15, 0.2) is 5.82 Å². The minimum Gasteiger partial charge on any atom is -0.477 e. The van der Waals surface area contributed by atoms with Crippen LogP contribution < -0.4 is 20.3 Å². The number of aromatic nitrogens is 3. The van der Waals surface area contributed by atoms with Crippen molar-refractivity contribution in [3.8, 4) is 5.88 Å². The van der Waals surface area contributed by atoms with Crippen LogP contribution in [0.15, 0.2) is 30.7 Å². The highest BCUT2D eigenvalue weighted by Gasteiger charge is 2.48. The lowest BCUT2D eigenvalue weighted by atomic mass is 9.83. The Morgan fingerprint density at radius 2 is 1.82 bits per heavy atom. The van der Waals surface area contributed by atoms with Crippen molar-refractivity contribution in [3.05, 3.63) is 30.7 Å². The number of nitrogens with one attached hydrogen (secondary N) is 2. The maximum atomic E-state index is 15.0. The average Bonchev–Trinajstić information content (AvgIpc) is 2.94. The fourth-order valence-corrected chi connectivity index (χ4v) is 5.40. The summed E-state index contributed by atoms with van der Waals surface area (Å²) >= 11 is 0. The molecule has 0 aliphatic carbocycles. The number of rotatable bonds is 7. The smallest absolute Gasteiger partial charge is 0.412 e. The highest BCUT2D eigenvalue weighted by molar-refractivity contribution is 5.88. The maximum Gasteiger partial charge on any atom is 0.412 e. The number of amides is 3. The van der Waals surface area contributed by atoms with Gasteiger partial charge in [-0.2, -0.15) is 0 Å². The number of likely N-dealkylation sites (N-methyl/N-ethyl adjacent to an activating group) is 1. The van der Waals surface area contributed by atoms with Crippen LogP contribution in [0, 0.1) is 0 Å². The number of hydrogen-bond donors (Lipinski definition) is 2. The van der Waals surface area contributed by atoms with Crippen molar-refractivity contribution in [2.75, 3.05) is 61.9 Å². The van der Waals surface area contributed by atoms with Gasteiger partial charge >= 0.3 is 12.1 Å². The predicted molar refractivity (Wildman–Crippen MR) is 143 cm³/mol. The molecule has 40 heavy (non-hydrogen) atoms. The van der Waals surface area contributed by atoms with Crippen LogP contribution in [0.2, 0.25) is 0 Å². The number of alkyl halides is 2. The third-order valence-electron chi connectivity index (χ3n) is 7.82. The van der Waals surface area contributed by atoms with Crippen molar-refractivity contribution in [3.63, 3.8) is 0 Å². The molecule has 0 radical (unpaired) electrons. The van der Waals surface area contributed by atoms with E-state index in [0.717, 1.165) is 43.8 Å². The number of fused-ring (bicyclic) bond motifs is 3. The van der Waals surface area contributed by atoms with E-state index in [4.69, 9.17) is 9.47 Å². The molecule has 14 heteroatoms. The highest BCUT2D eigenvalue weighted by Crippen LogP contribution is 2.36. The van der Waals surface area contributed by atoms with E-state index in [1.807, 2.05) is 0 Å². The third-order valence-corrected chi connectivity index (χ3v) is 7.82. The van der Waals surface area contributed by atoms with Gasteiger partial charge in [0.2, 0.25) is 5.88 Å². The number of carbonyl (C=O) groups excluding carboxylic acids is 2. The molecule has 216 valence electrons. The van der Waals surface area contributed by atoms with Crippen LogP contribution in [-0.4, -0.2) is 101 Å². The van der Waals surface area contributed by atoms with E-state index in [2.05, 4.69) is 30.5 Å². The van der Waals surface area contributed by atoms with Crippen LogP contribution in [0.25, 0.3) is 0 Å². The minimum absolute atomic E-state index is 0.0316. The van der Waals surface area contributed by atoms with Crippen LogP contribution >= 0.6 is 0 Å². The molecule has 2 aromatic rings. The number of ether oxygens (including phenoxy) is 2. The second-order valence-corrected chi connectivity index (χ2v) is 10.4. The first-order valence-electron chi connectivity index (χ1n) is 13.5. The Bertz CT molecular complexity index is 1200. The zero-order valence-electron chi connectivity index (χ0n) is 22.6. The third kappa shape index (κ3) is 6.16. The monoisotopic (exact) mass is 560 g/mol. The maximum absolute atomic E-state index is 15.0.